The van der Waals surface area contributed by atoms with Crippen molar-refractivity contribution in [1.29, 1.82) is 0 Å². The minimum atomic E-state index is -0.548. The molecule has 1 aromatic rings. The molecular formula is C12H16N2O5. The van der Waals surface area contributed by atoms with Gasteiger partial charge in [-0.3, -0.25) is 10.1 Å². The van der Waals surface area contributed by atoms with E-state index in [1.165, 1.54) is 25.3 Å². The first-order valence-electron chi connectivity index (χ1n) is 5.81. The zero-order chi connectivity index (χ0) is 14.3. The van der Waals surface area contributed by atoms with Crippen molar-refractivity contribution in [3.63, 3.8) is 0 Å². The predicted octanol–water partition coefficient (Wildman–Crippen LogP) is 1.57. The Labute approximate surface area is 110 Å². The van der Waals surface area contributed by atoms with Gasteiger partial charge in [0.2, 0.25) is 0 Å². The molecule has 2 N–H and O–H groups in total. The van der Waals surface area contributed by atoms with Gasteiger partial charge in [0.1, 0.15) is 5.69 Å². The van der Waals surface area contributed by atoms with Gasteiger partial charge < -0.3 is 15.2 Å². The molecule has 0 amide bonds. The number of carbonyl (C=O) groups excluding carboxylic acids is 1. The van der Waals surface area contributed by atoms with Crippen LogP contribution in [-0.4, -0.2) is 36.3 Å². The molecule has 7 nitrogen and oxygen atoms in total. The van der Waals surface area contributed by atoms with Crippen molar-refractivity contribution >= 4 is 17.3 Å². The maximum Gasteiger partial charge on any atom is 0.337 e. The number of benzene rings is 1. The first-order valence-corrected chi connectivity index (χ1v) is 5.81. The number of nitrogens with zero attached hydrogens (tertiary/aromatic N) is 1. The largest absolute Gasteiger partial charge is 0.465 e. The molecule has 0 radical (unpaired) electrons. The lowest BCUT2D eigenvalue weighted by Gasteiger charge is -2.08. The molecule has 19 heavy (non-hydrogen) atoms. The van der Waals surface area contributed by atoms with Crippen molar-refractivity contribution in [3.05, 3.63) is 33.9 Å². The normalized spacial score (nSPS) is 10.0. The Balaban J connectivity index is 2.89. The number of hydrogen-bond donors (Lipinski definition) is 2. The van der Waals surface area contributed by atoms with E-state index < -0.39 is 10.9 Å². The molecule has 1 aromatic carbocycles. The fourth-order valence-electron chi connectivity index (χ4n) is 1.54. The van der Waals surface area contributed by atoms with Gasteiger partial charge in [0.25, 0.3) is 5.69 Å². The Morgan fingerprint density at radius 1 is 1.47 bits per heavy atom. The highest BCUT2D eigenvalue weighted by Crippen LogP contribution is 2.25. The molecule has 0 bridgehead atoms. The van der Waals surface area contributed by atoms with Gasteiger partial charge in [0.05, 0.1) is 17.6 Å². The Morgan fingerprint density at radius 2 is 2.21 bits per heavy atom. The molecule has 0 heterocycles. The summed E-state index contributed by atoms with van der Waals surface area (Å²) in [5, 5.41) is 22.4. The van der Waals surface area contributed by atoms with Crippen LogP contribution in [0.1, 0.15) is 23.2 Å². The number of aliphatic hydroxyl groups excluding tert-OH is 1. The highest BCUT2D eigenvalue weighted by Gasteiger charge is 2.16. The van der Waals surface area contributed by atoms with E-state index in [0.717, 1.165) is 0 Å². The minimum Gasteiger partial charge on any atom is -0.465 e. The van der Waals surface area contributed by atoms with E-state index in [0.29, 0.717) is 19.4 Å². The summed E-state index contributed by atoms with van der Waals surface area (Å²) < 4.78 is 4.57. The van der Waals surface area contributed by atoms with Crippen molar-refractivity contribution in [3.8, 4) is 0 Å². The zero-order valence-electron chi connectivity index (χ0n) is 10.6. The topological polar surface area (TPSA) is 102 Å². The second-order valence-corrected chi connectivity index (χ2v) is 3.84. The summed E-state index contributed by atoms with van der Waals surface area (Å²) in [6.07, 6.45) is 1.29. The number of anilines is 1. The van der Waals surface area contributed by atoms with Crippen LogP contribution in [0, 0.1) is 10.1 Å². The van der Waals surface area contributed by atoms with Gasteiger partial charge in [0.15, 0.2) is 0 Å². The van der Waals surface area contributed by atoms with Gasteiger partial charge in [-0.1, -0.05) is 0 Å². The zero-order valence-corrected chi connectivity index (χ0v) is 10.6. The van der Waals surface area contributed by atoms with Crippen LogP contribution in [0.2, 0.25) is 0 Å². The number of hydrogen-bond acceptors (Lipinski definition) is 6. The molecule has 0 atom stereocenters. The number of nitro groups is 1. The van der Waals surface area contributed by atoms with Crippen LogP contribution in [0.3, 0.4) is 0 Å². The Hall–Kier alpha value is -2.15. The van der Waals surface area contributed by atoms with Gasteiger partial charge in [-0.05, 0) is 25.0 Å². The molecule has 0 aliphatic heterocycles. The molecule has 0 saturated carbocycles. The Bertz CT molecular complexity index is 461. The third-order valence-electron chi connectivity index (χ3n) is 2.51. The highest BCUT2D eigenvalue weighted by molar-refractivity contribution is 5.91. The van der Waals surface area contributed by atoms with Crippen LogP contribution >= 0.6 is 0 Å². The van der Waals surface area contributed by atoms with Crippen LogP contribution in [0.5, 0.6) is 0 Å². The van der Waals surface area contributed by atoms with Gasteiger partial charge >= 0.3 is 5.97 Å². The maximum absolute atomic E-state index is 11.4. The Kier molecular flexibility index (Phi) is 5.74. The quantitative estimate of drug-likeness (QED) is 0.337. The van der Waals surface area contributed by atoms with Crippen LogP contribution < -0.4 is 5.32 Å². The van der Waals surface area contributed by atoms with E-state index in [1.54, 1.807) is 0 Å². The van der Waals surface area contributed by atoms with Crippen molar-refractivity contribution in [2.24, 2.45) is 0 Å². The monoisotopic (exact) mass is 268 g/mol. The molecular weight excluding hydrogens is 252 g/mol. The SMILES string of the molecule is COC(=O)c1ccc([N+](=O)[O-])c(NCCCCO)c1. The maximum atomic E-state index is 11.4. The van der Waals surface area contributed by atoms with Gasteiger partial charge in [0, 0.05) is 19.2 Å². The number of carbonyl (C=O) groups is 1. The number of rotatable bonds is 7. The van der Waals surface area contributed by atoms with Crippen molar-refractivity contribution in [1.82, 2.24) is 0 Å². The molecule has 0 unspecified atom stereocenters. The summed E-state index contributed by atoms with van der Waals surface area (Å²) in [5.74, 6) is -0.548. The van der Waals surface area contributed by atoms with E-state index in [-0.39, 0.29) is 23.5 Å². The average molecular weight is 268 g/mol. The van der Waals surface area contributed by atoms with Crippen LogP contribution in [0.15, 0.2) is 18.2 Å². The van der Waals surface area contributed by atoms with Crippen molar-refractivity contribution in [2.45, 2.75) is 12.8 Å². The van der Waals surface area contributed by atoms with E-state index >= 15 is 0 Å². The first kappa shape index (κ1) is 14.9. The lowest BCUT2D eigenvalue weighted by molar-refractivity contribution is -0.384. The van der Waals surface area contributed by atoms with Gasteiger partial charge in [-0.15, -0.1) is 0 Å². The lowest BCUT2D eigenvalue weighted by Crippen LogP contribution is -2.07. The van der Waals surface area contributed by atoms with Crippen LogP contribution in [0.25, 0.3) is 0 Å². The number of esters is 1. The molecule has 0 fully saturated rings. The summed E-state index contributed by atoms with van der Waals surface area (Å²) >= 11 is 0. The number of unbranched alkanes of at least 4 members (excludes halogenated alkanes) is 1. The number of ether oxygens (including phenoxy) is 1. The molecule has 104 valence electrons. The van der Waals surface area contributed by atoms with E-state index in [9.17, 15) is 14.9 Å². The summed E-state index contributed by atoms with van der Waals surface area (Å²) in [5.41, 5.74) is 0.417. The number of nitro benzene ring substituents is 1. The molecule has 0 spiro atoms. The third-order valence-corrected chi connectivity index (χ3v) is 2.51. The fourth-order valence-corrected chi connectivity index (χ4v) is 1.54. The summed E-state index contributed by atoms with van der Waals surface area (Å²) in [4.78, 5) is 21.7. The third kappa shape index (κ3) is 4.22. The second-order valence-electron chi connectivity index (χ2n) is 3.84. The summed E-state index contributed by atoms with van der Waals surface area (Å²) in [6, 6.07) is 4.01. The first-order chi connectivity index (χ1) is 9.10. The standard InChI is InChI=1S/C12H16N2O5/c1-19-12(16)9-4-5-11(14(17)18)10(8-9)13-6-2-3-7-15/h4-5,8,13,15H,2-3,6-7H2,1H3. The van der Waals surface area contributed by atoms with Crippen molar-refractivity contribution in [2.75, 3.05) is 25.6 Å². The fraction of sp³-hybridized carbons (Fsp3) is 0.417. The smallest absolute Gasteiger partial charge is 0.337 e. The second kappa shape index (κ2) is 7.32. The molecule has 0 aliphatic carbocycles. The lowest BCUT2D eigenvalue weighted by atomic mass is 10.1. The number of aliphatic hydroxyl groups is 1. The molecule has 1 rings (SSSR count). The van der Waals surface area contributed by atoms with E-state index in [4.69, 9.17) is 5.11 Å². The summed E-state index contributed by atoms with van der Waals surface area (Å²) in [6.45, 7) is 0.554. The number of methoxy groups -OCH3 is 1. The van der Waals surface area contributed by atoms with Crippen LogP contribution in [-0.2, 0) is 4.74 Å². The highest BCUT2D eigenvalue weighted by atomic mass is 16.6. The minimum absolute atomic E-state index is 0.0754. The molecule has 0 saturated heterocycles. The number of nitrogens with one attached hydrogen (secondary N) is 1. The van der Waals surface area contributed by atoms with E-state index in [2.05, 4.69) is 10.1 Å². The molecule has 0 aromatic heterocycles. The van der Waals surface area contributed by atoms with Crippen molar-refractivity contribution < 1.29 is 19.6 Å². The van der Waals surface area contributed by atoms with E-state index in [1.807, 2.05) is 0 Å². The predicted molar refractivity (Wildman–Crippen MR) is 69.2 cm³/mol. The van der Waals surface area contributed by atoms with Gasteiger partial charge in [-0.2, -0.15) is 0 Å². The molecule has 7 heteroatoms. The van der Waals surface area contributed by atoms with Crippen LogP contribution in [0.4, 0.5) is 11.4 Å². The van der Waals surface area contributed by atoms with Gasteiger partial charge in [-0.25, -0.2) is 4.79 Å². The molecule has 0 aliphatic rings. The Morgan fingerprint density at radius 3 is 2.79 bits per heavy atom. The average Bonchev–Trinajstić information content (AvgIpc) is 2.42. The summed E-state index contributed by atoms with van der Waals surface area (Å²) in [7, 11) is 1.25.